The van der Waals surface area contributed by atoms with Gasteiger partial charge in [-0.2, -0.15) is 0 Å². The van der Waals surface area contributed by atoms with E-state index in [1.54, 1.807) is 0 Å². The van der Waals surface area contributed by atoms with E-state index in [4.69, 9.17) is 4.74 Å². The molecule has 4 heteroatoms. The highest BCUT2D eigenvalue weighted by molar-refractivity contribution is 9.10. The number of halogens is 1. The molecule has 0 aromatic heterocycles. The Morgan fingerprint density at radius 2 is 1.95 bits per heavy atom. The Morgan fingerprint density at radius 1 is 1.26 bits per heavy atom. The molecule has 0 saturated carbocycles. The van der Waals surface area contributed by atoms with Crippen LogP contribution in [0.5, 0.6) is 0 Å². The highest BCUT2D eigenvalue weighted by Crippen LogP contribution is 2.33. The van der Waals surface area contributed by atoms with Crippen LogP contribution in [0.3, 0.4) is 0 Å². The van der Waals surface area contributed by atoms with Gasteiger partial charge in [-0.3, -0.25) is 4.79 Å². The van der Waals surface area contributed by atoms with E-state index in [1.165, 1.54) is 0 Å². The van der Waals surface area contributed by atoms with Crippen molar-refractivity contribution in [1.29, 1.82) is 0 Å². The van der Waals surface area contributed by atoms with E-state index >= 15 is 0 Å². The number of ether oxygens (including phenoxy) is 1. The van der Waals surface area contributed by atoms with Gasteiger partial charge in [0.2, 0.25) is 5.91 Å². The molecule has 1 saturated heterocycles. The first kappa shape index (κ1) is 14.5. The number of hydrogen-bond acceptors (Lipinski definition) is 2. The summed E-state index contributed by atoms with van der Waals surface area (Å²) in [4.78, 5) is 12.4. The Hall–Kier alpha value is -0.870. The van der Waals surface area contributed by atoms with E-state index in [1.807, 2.05) is 39.0 Å². The highest BCUT2D eigenvalue weighted by Gasteiger charge is 2.41. The molecule has 1 heterocycles. The molecule has 2 rings (SSSR count). The van der Waals surface area contributed by atoms with Crippen LogP contribution < -0.4 is 5.32 Å². The lowest BCUT2D eigenvalue weighted by Crippen LogP contribution is -2.32. The zero-order valence-corrected chi connectivity index (χ0v) is 13.3. The molecule has 1 amide bonds. The predicted octanol–water partition coefficient (Wildman–Crippen LogP) is 3.76. The molecule has 0 radical (unpaired) electrons. The average Bonchev–Trinajstić information content (AvgIpc) is 2.59. The van der Waals surface area contributed by atoms with Gasteiger partial charge >= 0.3 is 0 Å². The van der Waals surface area contributed by atoms with Crippen molar-refractivity contribution in [2.45, 2.75) is 39.9 Å². The van der Waals surface area contributed by atoms with E-state index in [2.05, 4.69) is 28.2 Å². The van der Waals surface area contributed by atoms with Gasteiger partial charge < -0.3 is 10.1 Å². The van der Waals surface area contributed by atoms with Crippen LogP contribution in [0.1, 0.15) is 26.3 Å². The van der Waals surface area contributed by atoms with Crippen molar-refractivity contribution in [3.63, 3.8) is 0 Å². The third-order valence-electron chi connectivity index (χ3n) is 4.07. The fourth-order valence-corrected chi connectivity index (χ4v) is 3.04. The molecule has 104 valence electrons. The van der Waals surface area contributed by atoms with Crippen molar-refractivity contribution in [3.8, 4) is 0 Å². The van der Waals surface area contributed by atoms with Crippen LogP contribution in [-0.2, 0) is 9.53 Å². The maximum absolute atomic E-state index is 12.4. The molecule has 0 bridgehead atoms. The lowest BCUT2D eigenvalue weighted by molar-refractivity contribution is -0.121. The second-order valence-electron chi connectivity index (χ2n) is 5.33. The number of amides is 1. The Balaban J connectivity index is 2.15. The van der Waals surface area contributed by atoms with Gasteiger partial charge in [0.15, 0.2) is 0 Å². The van der Waals surface area contributed by atoms with Crippen LogP contribution >= 0.6 is 15.9 Å². The number of carbonyl (C=O) groups excluding carboxylic acids is 1. The van der Waals surface area contributed by atoms with Crippen molar-refractivity contribution < 1.29 is 9.53 Å². The van der Waals surface area contributed by atoms with Crippen molar-refractivity contribution in [1.82, 2.24) is 0 Å². The molecule has 1 fully saturated rings. The largest absolute Gasteiger partial charge is 0.374 e. The Labute approximate surface area is 122 Å². The lowest BCUT2D eigenvalue weighted by Gasteiger charge is -2.19. The molecule has 1 aliphatic heterocycles. The van der Waals surface area contributed by atoms with Crippen molar-refractivity contribution in [3.05, 3.63) is 28.2 Å². The summed E-state index contributed by atoms with van der Waals surface area (Å²) in [5, 5.41) is 3.03. The maximum Gasteiger partial charge on any atom is 0.230 e. The third-order valence-corrected chi connectivity index (χ3v) is 4.93. The summed E-state index contributed by atoms with van der Waals surface area (Å²) in [6, 6.07) is 5.82. The van der Waals surface area contributed by atoms with Crippen LogP contribution in [0.15, 0.2) is 22.7 Å². The van der Waals surface area contributed by atoms with Crippen molar-refractivity contribution in [2.75, 3.05) is 5.32 Å². The zero-order valence-electron chi connectivity index (χ0n) is 11.7. The number of anilines is 1. The normalized spacial score (nSPS) is 30.4. The monoisotopic (exact) mass is 325 g/mol. The van der Waals surface area contributed by atoms with Crippen LogP contribution in [-0.4, -0.2) is 18.1 Å². The summed E-state index contributed by atoms with van der Waals surface area (Å²) in [5.41, 5.74) is 1.90. The van der Waals surface area contributed by atoms with Gasteiger partial charge in [-0.1, -0.05) is 28.9 Å². The Bertz CT molecular complexity index is 489. The lowest BCUT2D eigenvalue weighted by atomic mass is 9.88. The second-order valence-corrected chi connectivity index (χ2v) is 6.19. The Morgan fingerprint density at radius 3 is 2.53 bits per heavy atom. The quantitative estimate of drug-likeness (QED) is 0.899. The molecular formula is C15H20BrNO2. The van der Waals surface area contributed by atoms with Gasteiger partial charge in [0.05, 0.1) is 18.1 Å². The maximum atomic E-state index is 12.4. The minimum atomic E-state index is -0.0895. The minimum Gasteiger partial charge on any atom is -0.374 e. The first-order chi connectivity index (χ1) is 8.91. The molecule has 19 heavy (non-hydrogen) atoms. The molecular weight excluding hydrogens is 306 g/mol. The van der Waals surface area contributed by atoms with Crippen LogP contribution in [0.4, 0.5) is 5.69 Å². The summed E-state index contributed by atoms with van der Waals surface area (Å²) in [5.74, 6) is 0.196. The first-order valence-corrected chi connectivity index (χ1v) is 7.42. The summed E-state index contributed by atoms with van der Waals surface area (Å²) in [6.07, 6.45) is 0.104. The molecule has 0 spiro atoms. The summed E-state index contributed by atoms with van der Waals surface area (Å²) >= 11 is 3.48. The van der Waals surface area contributed by atoms with E-state index < -0.39 is 0 Å². The number of rotatable bonds is 2. The molecule has 4 atom stereocenters. The van der Waals surface area contributed by atoms with Gasteiger partial charge in [0.1, 0.15) is 0 Å². The molecule has 1 aromatic rings. The third kappa shape index (κ3) is 2.84. The van der Waals surface area contributed by atoms with Crippen molar-refractivity contribution in [2.24, 2.45) is 11.8 Å². The topological polar surface area (TPSA) is 38.3 Å². The highest BCUT2D eigenvalue weighted by atomic mass is 79.9. The zero-order chi connectivity index (χ0) is 14.2. The van der Waals surface area contributed by atoms with Crippen LogP contribution in [0, 0.1) is 18.8 Å². The Kier molecular flexibility index (Phi) is 4.31. The van der Waals surface area contributed by atoms with E-state index in [9.17, 15) is 4.79 Å². The van der Waals surface area contributed by atoms with Gasteiger partial charge in [0.25, 0.3) is 0 Å². The summed E-state index contributed by atoms with van der Waals surface area (Å²) in [7, 11) is 0. The second kappa shape index (κ2) is 5.63. The van der Waals surface area contributed by atoms with Crippen molar-refractivity contribution >= 4 is 27.5 Å². The summed E-state index contributed by atoms with van der Waals surface area (Å²) in [6.45, 7) is 8.06. The van der Waals surface area contributed by atoms with Gasteiger partial charge in [-0.15, -0.1) is 0 Å². The van der Waals surface area contributed by atoms with Gasteiger partial charge in [-0.05, 0) is 44.4 Å². The number of hydrogen-bond donors (Lipinski definition) is 1. The molecule has 1 aliphatic rings. The summed E-state index contributed by atoms with van der Waals surface area (Å²) < 4.78 is 6.73. The standard InChI is InChI=1S/C15H20BrNO2/c1-8-10(3)19-11(4)14(8)15(18)17-13-7-5-6-12(16)9(13)2/h5-8,10-11,14H,1-4H3,(H,17,18). The van der Waals surface area contributed by atoms with E-state index in [0.717, 1.165) is 15.7 Å². The number of carbonyl (C=O) groups is 1. The minimum absolute atomic E-state index is 0.0301. The van der Waals surface area contributed by atoms with Crippen LogP contribution in [0.2, 0.25) is 0 Å². The molecule has 4 unspecified atom stereocenters. The fourth-order valence-electron chi connectivity index (χ4n) is 2.68. The first-order valence-electron chi connectivity index (χ1n) is 6.63. The fraction of sp³-hybridized carbons (Fsp3) is 0.533. The molecule has 1 aromatic carbocycles. The predicted molar refractivity (Wildman–Crippen MR) is 80.2 cm³/mol. The van der Waals surface area contributed by atoms with E-state index in [0.29, 0.717) is 0 Å². The van der Waals surface area contributed by atoms with Crippen LogP contribution in [0.25, 0.3) is 0 Å². The van der Waals surface area contributed by atoms with E-state index in [-0.39, 0.29) is 30.0 Å². The van der Waals surface area contributed by atoms with Gasteiger partial charge in [-0.25, -0.2) is 0 Å². The number of benzene rings is 1. The molecule has 1 N–H and O–H groups in total. The van der Waals surface area contributed by atoms with Gasteiger partial charge in [0, 0.05) is 10.2 Å². The number of nitrogens with one attached hydrogen (secondary N) is 1. The smallest absolute Gasteiger partial charge is 0.230 e. The molecule has 0 aliphatic carbocycles. The SMILES string of the molecule is Cc1c(Br)cccc1NC(=O)C1C(C)OC(C)C1C. The molecule has 3 nitrogen and oxygen atoms in total. The average molecular weight is 326 g/mol.